The van der Waals surface area contributed by atoms with Gasteiger partial charge in [-0.25, -0.2) is 0 Å². The Morgan fingerprint density at radius 1 is 1.43 bits per heavy atom. The van der Waals surface area contributed by atoms with Crippen LogP contribution in [-0.2, 0) is 17.8 Å². The minimum absolute atomic E-state index is 0.169. The largest absolute Gasteiger partial charge is 0.497 e. The molecule has 1 aliphatic rings. The number of methoxy groups -OCH3 is 1. The highest BCUT2D eigenvalue weighted by Crippen LogP contribution is 2.23. The Morgan fingerprint density at radius 3 is 3.00 bits per heavy atom. The SMILES string of the molecule is COc1ccc(SCC(=O)N2CCc3[nH]ncc3C2)cc1. The van der Waals surface area contributed by atoms with Crippen LogP contribution < -0.4 is 4.74 Å². The Morgan fingerprint density at radius 2 is 2.24 bits per heavy atom. The van der Waals surface area contributed by atoms with Crippen LogP contribution in [0.4, 0.5) is 0 Å². The molecule has 0 spiro atoms. The molecule has 6 heteroatoms. The van der Waals surface area contributed by atoms with Gasteiger partial charge in [-0.1, -0.05) is 0 Å². The molecule has 3 rings (SSSR count). The molecule has 0 unspecified atom stereocenters. The zero-order valence-corrected chi connectivity index (χ0v) is 12.7. The average molecular weight is 303 g/mol. The molecule has 1 aromatic carbocycles. The quantitative estimate of drug-likeness (QED) is 0.879. The van der Waals surface area contributed by atoms with Gasteiger partial charge in [-0.15, -0.1) is 11.8 Å². The van der Waals surface area contributed by atoms with Crippen molar-refractivity contribution in [2.75, 3.05) is 19.4 Å². The maximum Gasteiger partial charge on any atom is 0.233 e. The van der Waals surface area contributed by atoms with Gasteiger partial charge < -0.3 is 9.64 Å². The molecule has 1 amide bonds. The Hall–Kier alpha value is -1.95. The van der Waals surface area contributed by atoms with Gasteiger partial charge in [0.25, 0.3) is 0 Å². The van der Waals surface area contributed by atoms with Crippen molar-refractivity contribution >= 4 is 17.7 Å². The van der Waals surface area contributed by atoms with E-state index in [1.165, 1.54) is 0 Å². The van der Waals surface area contributed by atoms with E-state index >= 15 is 0 Å². The van der Waals surface area contributed by atoms with Crippen molar-refractivity contribution in [2.24, 2.45) is 0 Å². The van der Waals surface area contributed by atoms with E-state index in [1.54, 1.807) is 18.9 Å². The van der Waals surface area contributed by atoms with Crippen LogP contribution in [0.2, 0.25) is 0 Å². The van der Waals surface area contributed by atoms with Gasteiger partial charge in [0.15, 0.2) is 0 Å². The van der Waals surface area contributed by atoms with Gasteiger partial charge in [-0.05, 0) is 24.3 Å². The first-order chi connectivity index (χ1) is 10.3. The molecule has 0 saturated carbocycles. The monoisotopic (exact) mass is 303 g/mol. The Kier molecular flexibility index (Phi) is 4.15. The van der Waals surface area contributed by atoms with Crippen molar-refractivity contribution in [1.29, 1.82) is 0 Å². The van der Waals surface area contributed by atoms with Crippen molar-refractivity contribution in [3.05, 3.63) is 41.7 Å². The summed E-state index contributed by atoms with van der Waals surface area (Å²) < 4.78 is 5.12. The third-order valence-electron chi connectivity index (χ3n) is 3.57. The number of H-pyrrole nitrogens is 1. The number of nitrogens with zero attached hydrogens (tertiary/aromatic N) is 2. The summed E-state index contributed by atoms with van der Waals surface area (Å²) in [5.74, 6) is 1.45. The molecule has 1 aromatic heterocycles. The molecule has 0 aliphatic carbocycles. The predicted molar refractivity (Wildman–Crippen MR) is 81.4 cm³/mol. The summed E-state index contributed by atoms with van der Waals surface area (Å²) in [6, 6.07) is 7.76. The molecule has 0 atom stereocenters. The lowest BCUT2D eigenvalue weighted by Gasteiger charge is -2.26. The standard InChI is InChI=1S/C15H17N3O2S/c1-20-12-2-4-13(5-3-12)21-10-15(19)18-7-6-14-11(9-18)8-16-17-14/h2-5,8H,6-7,9-10H2,1H3,(H,16,17). The van der Waals surface area contributed by atoms with Gasteiger partial charge in [0.2, 0.25) is 5.91 Å². The van der Waals surface area contributed by atoms with E-state index in [1.807, 2.05) is 35.4 Å². The van der Waals surface area contributed by atoms with E-state index < -0.39 is 0 Å². The summed E-state index contributed by atoms with van der Waals surface area (Å²) >= 11 is 1.55. The number of rotatable bonds is 4. The van der Waals surface area contributed by atoms with Gasteiger partial charge >= 0.3 is 0 Å². The van der Waals surface area contributed by atoms with Crippen molar-refractivity contribution in [3.63, 3.8) is 0 Å². The Balaban J connectivity index is 1.54. The number of benzene rings is 1. The van der Waals surface area contributed by atoms with Crippen LogP contribution >= 0.6 is 11.8 Å². The summed E-state index contributed by atoms with van der Waals surface area (Å²) in [6.45, 7) is 1.42. The van der Waals surface area contributed by atoms with E-state index in [9.17, 15) is 4.79 Å². The highest BCUT2D eigenvalue weighted by atomic mass is 32.2. The van der Waals surface area contributed by atoms with Crippen molar-refractivity contribution in [2.45, 2.75) is 17.9 Å². The van der Waals surface area contributed by atoms with E-state index in [-0.39, 0.29) is 5.91 Å². The lowest BCUT2D eigenvalue weighted by Crippen LogP contribution is -2.36. The highest BCUT2D eigenvalue weighted by molar-refractivity contribution is 8.00. The van der Waals surface area contributed by atoms with Crippen LogP contribution in [0.25, 0.3) is 0 Å². The van der Waals surface area contributed by atoms with Crippen LogP contribution in [0.1, 0.15) is 11.3 Å². The summed E-state index contributed by atoms with van der Waals surface area (Å²) in [7, 11) is 1.64. The zero-order chi connectivity index (χ0) is 14.7. The van der Waals surface area contributed by atoms with E-state index in [4.69, 9.17) is 4.74 Å². The number of thioether (sulfide) groups is 1. The van der Waals surface area contributed by atoms with Crippen molar-refractivity contribution in [1.82, 2.24) is 15.1 Å². The first-order valence-electron chi connectivity index (χ1n) is 6.82. The molecular weight excluding hydrogens is 286 g/mol. The molecule has 0 radical (unpaired) electrons. The number of nitrogens with one attached hydrogen (secondary N) is 1. The summed E-state index contributed by atoms with van der Waals surface area (Å²) in [6.07, 6.45) is 2.67. The van der Waals surface area contributed by atoms with Crippen LogP contribution in [0.15, 0.2) is 35.4 Å². The molecule has 2 heterocycles. The second kappa shape index (κ2) is 6.22. The van der Waals surface area contributed by atoms with Gasteiger partial charge in [0.05, 0.1) is 19.1 Å². The molecule has 0 bridgehead atoms. The normalized spacial score (nSPS) is 13.9. The second-order valence-corrected chi connectivity index (χ2v) is 5.95. The molecule has 110 valence electrons. The fourth-order valence-corrected chi connectivity index (χ4v) is 3.14. The number of hydrogen-bond donors (Lipinski definition) is 1. The fraction of sp³-hybridized carbons (Fsp3) is 0.333. The topological polar surface area (TPSA) is 58.2 Å². The number of carbonyl (C=O) groups is 1. The molecule has 1 N–H and O–H groups in total. The number of ether oxygens (including phenoxy) is 1. The number of carbonyl (C=O) groups excluding carboxylic acids is 1. The number of aromatic amines is 1. The summed E-state index contributed by atoms with van der Waals surface area (Å²) in [5.41, 5.74) is 2.28. The third kappa shape index (κ3) is 3.21. The molecule has 2 aromatic rings. The number of fused-ring (bicyclic) bond motifs is 1. The Bertz CT molecular complexity index is 624. The predicted octanol–water partition coefficient (Wildman–Crippen LogP) is 2.10. The lowest BCUT2D eigenvalue weighted by molar-refractivity contribution is -0.129. The van der Waals surface area contributed by atoms with Crippen molar-refractivity contribution in [3.8, 4) is 5.75 Å². The van der Waals surface area contributed by atoms with E-state index in [2.05, 4.69) is 10.2 Å². The number of aromatic nitrogens is 2. The van der Waals surface area contributed by atoms with Crippen molar-refractivity contribution < 1.29 is 9.53 Å². The molecule has 0 saturated heterocycles. The van der Waals surface area contributed by atoms with Crippen LogP contribution in [0, 0.1) is 0 Å². The zero-order valence-electron chi connectivity index (χ0n) is 11.8. The second-order valence-electron chi connectivity index (χ2n) is 4.90. The molecule has 5 nitrogen and oxygen atoms in total. The molecule has 21 heavy (non-hydrogen) atoms. The fourth-order valence-electron chi connectivity index (χ4n) is 2.34. The third-order valence-corrected chi connectivity index (χ3v) is 4.57. The minimum Gasteiger partial charge on any atom is -0.497 e. The summed E-state index contributed by atoms with van der Waals surface area (Å²) in [4.78, 5) is 15.2. The van der Waals surface area contributed by atoms with Crippen LogP contribution in [0.5, 0.6) is 5.75 Å². The smallest absolute Gasteiger partial charge is 0.233 e. The first-order valence-corrected chi connectivity index (χ1v) is 7.80. The van der Waals surface area contributed by atoms with Crippen LogP contribution in [-0.4, -0.2) is 40.4 Å². The van der Waals surface area contributed by atoms with Gasteiger partial charge in [0.1, 0.15) is 5.75 Å². The number of hydrogen-bond acceptors (Lipinski definition) is 4. The Labute approximate surface area is 127 Å². The first kappa shape index (κ1) is 14.0. The van der Waals surface area contributed by atoms with Gasteiger partial charge in [-0.2, -0.15) is 5.10 Å². The van der Waals surface area contributed by atoms with Gasteiger partial charge in [-0.3, -0.25) is 9.89 Å². The maximum atomic E-state index is 12.3. The van der Waals surface area contributed by atoms with E-state index in [0.717, 1.165) is 34.9 Å². The molecule has 0 fully saturated rings. The van der Waals surface area contributed by atoms with Gasteiger partial charge in [0, 0.05) is 35.7 Å². The molecular formula is C15H17N3O2S. The van der Waals surface area contributed by atoms with Crippen LogP contribution in [0.3, 0.4) is 0 Å². The minimum atomic E-state index is 0.169. The average Bonchev–Trinajstić information content (AvgIpc) is 3.00. The summed E-state index contributed by atoms with van der Waals surface area (Å²) in [5, 5.41) is 7.01. The lowest BCUT2D eigenvalue weighted by atomic mass is 10.1. The maximum absolute atomic E-state index is 12.3. The molecule has 1 aliphatic heterocycles. The number of amides is 1. The highest BCUT2D eigenvalue weighted by Gasteiger charge is 2.21. The van der Waals surface area contributed by atoms with E-state index in [0.29, 0.717) is 12.3 Å².